The predicted molar refractivity (Wildman–Crippen MR) is 53.4 cm³/mol. The van der Waals surface area contributed by atoms with Crippen LogP contribution >= 0.6 is 0 Å². The highest BCUT2D eigenvalue weighted by Crippen LogP contribution is 2.29. The molecule has 0 spiro atoms. The van der Waals surface area contributed by atoms with Crippen LogP contribution in [0.5, 0.6) is 0 Å². The summed E-state index contributed by atoms with van der Waals surface area (Å²) < 4.78 is 37.1. The number of hydrogen-bond acceptors (Lipinski definition) is 1. The van der Waals surface area contributed by atoms with Gasteiger partial charge in [0.15, 0.2) is 0 Å². The third kappa shape index (κ3) is 5.40. The Bertz CT molecular complexity index is 263. The summed E-state index contributed by atoms with van der Waals surface area (Å²) in [6, 6.07) is 0. The highest BCUT2D eigenvalue weighted by molar-refractivity contribution is 5.78. The van der Waals surface area contributed by atoms with Gasteiger partial charge in [-0.15, -0.1) is 6.58 Å². The third-order valence-corrected chi connectivity index (χ3v) is 2.14. The Morgan fingerprint density at radius 2 is 2.00 bits per heavy atom. The number of carbonyl (C=O) groups excluding carboxylic acids is 1. The molecule has 1 atom stereocenters. The Labute approximate surface area is 87.7 Å². The van der Waals surface area contributed by atoms with Crippen molar-refractivity contribution in [3.05, 3.63) is 24.3 Å². The summed E-state index contributed by atoms with van der Waals surface area (Å²) >= 11 is 0. The minimum Gasteiger partial charge on any atom is -0.300 e. The van der Waals surface area contributed by atoms with E-state index in [1.165, 1.54) is 13.0 Å². The molecule has 0 aromatic carbocycles. The predicted octanol–water partition coefficient (Wildman–Crippen LogP) is 3.67. The second kappa shape index (κ2) is 5.73. The van der Waals surface area contributed by atoms with Crippen LogP contribution in [0.2, 0.25) is 0 Å². The number of rotatable bonds is 5. The molecule has 0 saturated carbocycles. The monoisotopic (exact) mass is 220 g/mol. The molecule has 0 fully saturated rings. The summed E-state index contributed by atoms with van der Waals surface area (Å²) in [4.78, 5) is 10.8. The maximum absolute atomic E-state index is 12.4. The summed E-state index contributed by atoms with van der Waals surface area (Å²) in [5.41, 5.74) is -0.634. The molecule has 1 nitrogen and oxygen atoms in total. The van der Waals surface area contributed by atoms with E-state index in [-0.39, 0.29) is 24.5 Å². The van der Waals surface area contributed by atoms with Crippen molar-refractivity contribution in [2.45, 2.75) is 32.9 Å². The van der Waals surface area contributed by atoms with Gasteiger partial charge in [-0.05, 0) is 19.8 Å². The molecule has 0 aliphatic rings. The molecule has 0 radical (unpaired) electrons. The Morgan fingerprint density at radius 1 is 1.47 bits per heavy atom. The van der Waals surface area contributed by atoms with Gasteiger partial charge < -0.3 is 0 Å². The first-order valence-electron chi connectivity index (χ1n) is 4.66. The fourth-order valence-corrected chi connectivity index (χ4v) is 0.955. The van der Waals surface area contributed by atoms with Crippen LogP contribution in [-0.4, -0.2) is 12.0 Å². The van der Waals surface area contributed by atoms with Crippen molar-refractivity contribution < 1.29 is 18.0 Å². The Kier molecular flexibility index (Phi) is 5.33. The largest absolute Gasteiger partial charge is 0.412 e. The quantitative estimate of drug-likeness (QED) is 0.646. The van der Waals surface area contributed by atoms with Gasteiger partial charge in [0, 0.05) is 11.5 Å². The molecule has 0 aliphatic heterocycles. The van der Waals surface area contributed by atoms with E-state index in [1.54, 1.807) is 6.92 Å². The second-order valence-electron chi connectivity index (χ2n) is 3.47. The van der Waals surface area contributed by atoms with E-state index < -0.39 is 11.7 Å². The SMILES string of the molecule is C=CC/C(=C\C[C@H](C)C(C)=O)C(F)(F)F. The molecule has 0 heterocycles. The van der Waals surface area contributed by atoms with Crippen LogP contribution in [0, 0.1) is 5.92 Å². The number of Topliss-reactive ketones (excluding diaryl/α,β-unsaturated/α-hetero) is 1. The molecular formula is C11H15F3O. The van der Waals surface area contributed by atoms with Crippen LogP contribution in [0.25, 0.3) is 0 Å². The molecule has 4 heteroatoms. The summed E-state index contributed by atoms with van der Waals surface area (Å²) in [7, 11) is 0. The summed E-state index contributed by atoms with van der Waals surface area (Å²) in [5, 5.41) is 0. The highest BCUT2D eigenvalue weighted by Gasteiger charge is 2.32. The van der Waals surface area contributed by atoms with Crippen LogP contribution in [0.15, 0.2) is 24.3 Å². The van der Waals surface area contributed by atoms with Gasteiger partial charge in [-0.1, -0.05) is 19.1 Å². The third-order valence-electron chi connectivity index (χ3n) is 2.14. The Balaban J connectivity index is 4.56. The summed E-state index contributed by atoms with van der Waals surface area (Å²) in [6.07, 6.45) is -2.14. The molecule has 0 aromatic heterocycles. The lowest BCUT2D eigenvalue weighted by molar-refractivity contribution is -0.120. The highest BCUT2D eigenvalue weighted by atomic mass is 19.4. The number of carbonyl (C=O) groups is 1. The van der Waals surface area contributed by atoms with E-state index in [4.69, 9.17) is 0 Å². The van der Waals surface area contributed by atoms with Gasteiger partial charge in [0.2, 0.25) is 0 Å². The molecule has 0 amide bonds. The normalized spacial score (nSPS) is 14.9. The molecular weight excluding hydrogens is 205 g/mol. The minimum absolute atomic E-state index is 0.105. The smallest absolute Gasteiger partial charge is 0.300 e. The molecule has 0 rings (SSSR count). The number of hydrogen-bond donors (Lipinski definition) is 0. The molecule has 0 N–H and O–H groups in total. The molecule has 15 heavy (non-hydrogen) atoms. The maximum atomic E-state index is 12.4. The minimum atomic E-state index is -4.33. The fraction of sp³-hybridized carbons (Fsp3) is 0.545. The van der Waals surface area contributed by atoms with Crippen molar-refractivity contribution in [1.29, 1.82) is 0 Å². The van der Waals surface area contributed by atoms with Crippen LogP contribution in [0.4, 0.5) is 13.2 Å². The van der Waals surface area contributed by atoms with E-state index in [0.717, 1.165) is 6.08 Å². The zero-order valence-corrected chi connectivity index (χ0v) is 8.90. The average molecular weight is 220 g/mol. The van der Waals surface area contributed by atoms with Crippen molar-refractivity contribution in [1.82, 2.24) is 0 Å². The van der Waals surface area contributed by atoms with Gasteiger partial charge in [0.05, 0.1) is 0 Å². The molecule has 0 saturated heterocycles. The molecule has 86 valence electrons. The average Bonchev–Trinajstić information content (AvgIpc) is 2.09. The zero-order chi connectivity index (χ0) is 12.1. The lowest BCUT2D eigenvalue weighted by Crippen LogP contribution is -2.13. The van der Waals surface area contributed by atoms with Gasteiger partial charge >= 0.3 is 6.18 Å². The summed E-state index contributed by atoms with van der Waals surface area (Å²) in [5.74, 6) is -0.474. The number of halogens is 3. The second-order valence-corrected chi connectivity index (χ2v) is 3.47. The summed E-state index contributed by atoms with van der Waals surface area (Å²) in [6.45, 7) is 6.25. The Morgan fingerprint density at radius 3 is 2.33 bits per heavy atom. The zero-order valence-electron chi connectivity index (χ0n) is 8.90. The van der Waals surface area contributed by atoms with E-state index in [0.29, 0.717) is 0 Å². The van der Waals surface area contributed by atoms with Crippen molar-refractivity contribution in [2.75, 3.05) is 0 Å². The van der Waals surface area contributed by atoms with Gasteiger partial charge in [-0.3, -0.25) is 4.79 Å². The van der Waals surface area contributed by atoms with Crippen LogP contribution in [0.1, 0.15) is 26.7 Å². The number of allylic oxidation sites excluding steroid dienone is 3. The van der Waals surface area contributed by atoms with Gasteiger partial charge in [0.1, 0.15) is 5.78 Å². The lowest BCUT2D eigenvalue weighted by Gasteiger charge is -2.11. The Hall–Kier alpha value is -1.06. The van der Waals surface area contributed by atoms with Crippen LogP contribution < -0.4 is 0 Å². The first-order chi connectivity index (χ1) is 6.79. The topological polar surface area (TPSA) is 17.1 Å². The van der Waals surface area contributed by atoms with Crippen molar-refractivity contribution in [3.8, 4) is 0 Å². The number of ketones is 1. The van der Waals surface area contributed by atoms with Crippen molar-refractivity contribution in [2.24, 2.45) is 5.92 Å². The molecule has 0 unspecified atom stereocenters. The maximum Gasteiger partial charge on any atom is 0.412 e. The van der Waals surface area contributed by atoms with Crippen LogP contribution in [0.3, 0.4) is 0 Å². The van der Waals surface area contributed by atoms with Crippen molar-refractivity contribution in [3.63, 3.8) is 0 Å². The molecule has 0 aromatic rings. The van der Waals surface area contributed by atoms with Gasteiger partial charge in [-0.2, -0.15) is 13.2 Å². The standard InChI is InChI=1S/C11H15F3O/c1-4-5-10(11(12,13)14)7-6-8(2)9(3)15/h4,7-8H,1,5-6H2,2-3H3/b10-7+/t8-/m0/s1. The number of alkyl halides is 3. The lowest BCUT2D eigenvalue weighted by atomic mass is 10.0. The van der Waals surface area contributed by atoms with E-state index in [1.807, 2.05) is 0 Å². The van der Waals surface area contributed by atoms with E-state index in [9.17, 15) is 18.0 Å². The van der Waals surface area contributed by atoms with Crippen molar-refractivity contribution >= 4 is 5.78 Å². The van der Waals surface area contributed by atoms with E-state index >= 15 is 0 Å². The first-order valence-corrected chi connectivity index (χ1v) is 4.66. The van der Waals surface area contributed by atoms with Gasteiger partial charge in [0.25, 0.3) is 0 Å². The van der Waals surface area contributed by atoms with Gasteiger partial charge in [-0.25, -0.2) is 0 Å². The first kappa shape index (κ1) is 13.9. The molecule has 0 bridgehead atoms. The fourth-order valence-electron chi connectivity index (χ4n) is 0.955. The van der Waals surface area contributed by atoms with Crippen LogP contribution in [-0.2, 0) is 4.79 Å². The molecule has 0 aliphatic carbocycles. The van der Waals surface area contributed by atoms with E-state index in [2.05, 4.69) is 6.58 Å².